The minimum Gasteiger partial charge on any atom is -0.493 e. The minimum atomic E-state index is -5.07. The molecule has 1 saturated carbocycles. The predicted molar refractivity (Wildman–Crippen MR) is 424 cm³/mol. The van der Waals surface area contributed by atoms with E-state index in [4.69, 9.17) is 65.7 Å². The molecule has 29 nitrogen and oxygen atoms in total. The lowest BCUT2D eigenvalue weighted by atomic mass is 9.84. The highest BCUT2D eigenvalue weighted by molar-refractivity contribution is 7.82. The van der Waals surface area contributed by atoms with E-state index in [-0.39, 0.29) is 101 Å². The fraction of sp³-hybridized carbons (Fsp3) is 0.419. The SMILES string of the molecule is COc1cc2c(cc1OCc1cc(COc3cc4c(cc3OC)C(=O)N3Cc5ccccc5CC3C=N4)cc(C[N+](C)(C)Cc3ccc(OS(=O)(=O)Oc4cc(C(=O)NCCOCCOCCOCCNC(=O)OCC5[C@H]6CCC#CCC[C@@H]56)ccc4OC4O[C@H](CO)[C@H](O)[C@H](O)[C@H]4O)cc3)c1)N=CC1Cc3ccccc3NC1C2=O. The molecule has 0 bridgehead atoms. The fourth-order valence-electron chi connectivity index (χ4n) is 15.7. The Labute approximate surface area is 672 Å². The van der Waals surface area contributed by atoms with Gasteiger partial charge in [-0.1, -0.05) is 42.5 Å². The van der Waals surface area contributed by atoms with Crippen LogP contribution in [-0.2, 0) is 79.8 Å². The molecule has 116 heavy (non-hydrogen) atoms. The summed E-state index contributed by atoms with van der Waals surface area (Å²) >= 11 is 0. The molecule has 5 unspecified atom stereocenters. The largest absolute Gasteiger partial charge is 0.501 e. The van der Waals surface area contributed by atoms with E-state index >= 15 is 0 Å². The van der Waals surface area contributed by atoms with Gasteiger partial charge in [-0.2, -0.15) is 0 Å². The van der Waals surface area contributed by atoms with Gasteiger partial charge in [0, 0.05) is 90.9 Å². The summed E-state index contributed by atoms with van der Waals surface area (Å²) in [6.45, 7) is 2.69. The number of anilines is 1. The summed E-state index contributed by atoms with van der Waals surface area (Å²) in [6.07, 6.45) is -0.252. The van der Waals surface area contributed by atoms with E-state index in [1.165, 1.54) is 44.0 Å². The van der Waals surface area contributed by atoms with Crippen LogP contribution in [0.2, 0.25) is 0 Å². The molecular formula is C86H96N7O22S+. The number of fused-ring (bicyclic) bond motifs is 7. The lowest BCUT2D eigenvalue weighted by Crippen LogP contribution is -2.60. The van der Waals surface area contributed by atoms with Gasteiger partial charge >= 0.3 is 16.5 Å². The normalized spacial score (nSPS) is 22.2. The smallest absolute Gasteiger partial charge is 0.493 e. The van der Waals surface area contributed by atoms with Gasteiger partial charge < -0.3 is 101 Å². The molecule has 0 radical (unpaired) electrons. The van der Waals surface area contributed by atoms with Crippen molar-refractivity contribution in [1.82, 2.24) is 15.5 Å². The lowest BCUT2D eigenvalue weighted by Gasteiger charge is -2.39. The monoisotopic (exact) mass is 1610 g/mol. The number of aliphatic hydroxyl groups is 4. The molecule has 2 fully saturated rings. The van der Waals surface area contributed by atoms with Crippen molar-refractivity contribution in [1.29, 1.82) is 0 Å². The number of para-hydroxylation sites is 1. The quantitative estimate of drug-likeness (QED) is 0.0113. The van der Waals surface area contributed by atoms with Crippen molar-refractivity contribution in [3.63, 3.8) is 0 Å². The van der Waals surface area contributed by atoms with E-state index in [1.54, 1.807) is 36.4 Å². The summed E-state index contributed by atoms with van der Waals surface area (Å²) < 4.78 is 97.9. The maximum absolute atomic E-state index is 14.3. The minimum absolute atomic E-state index is 0.0265. The highest BCUT2D eigenvalue weighted by atomic mass is 32.3. The third-order valence-corrected chi connectivity index (χ3v) is 22.4. The lowest BCUT2D eigenvalue weighted by molar-refractivity contribution is -0.916. The van der Waals surface area contributed by atoms with Crippen LogP contribution in [0.1, 0.15) is 95.7 Å². The summed E-state index contributed by atoms with van der Waals surface area (Å²) in [6, 6.07) is 37.9. The molecule has 2 aliphatic carbocycles. The second-order valence-electron chi connectivity index (χ2n) is 30.3. The zero-order chi connectivity index (χ0) is 81.0. The van der Waals surface area contributed by atoms with Crippen LogP contribution in [0.25, 0.3) is 0 Å². The van der Waals surface area contributed by atoms with Gasteiger partial charge in [0.05, 0.1) is 110 Å². The molecule has 612 valence electrons. The van der Waals surface area contributed by atoms with E-state index in [9.17, 15) is 48.0 Å². The third-order valence-electron chi connectivity index (χ3n) is 21.7. The van der Waals surface area contributed by atoms with Crippen molar-refractivity contribution in [2.24, 2.45) is 33.7 Å². The van der Waals surface area contributed by atoms with E-state index in [0.717, 1.165) is 70.8 Å². The summed E-state index contributed by atoms with van der Waals surface area (Å²) in [5.74, 6) is 7.14. The number of quaternary nitrogens is 1. The van der Waals surface area contributed by atoms with Gasteiger partial charge in [0.2, 0.25) is 6.29 Å². The van der Waals surface area contributed by atoms with Crippen LogP contribution in [0.15, 0.2) is 143 Å². The molecule has 14 rings (SSSR count). The molecule has 30 heteroatoms. The Kier molecular flexibility index (Phi) is 26.2. The summed E-state index contributed by atoms with van der Waals surface area (Å²) in [7, 11) is 2.04. The number of aliphatic hydroxyl groups excluding tert-OH is 4. The van der Waals surface area contributed by atoms with Gasteiger partial charge in [-0.05, 0) is 150 Å². The molecule has 5 aliphatic heterocycles. The first-order chi connectivity index (χ1) is 56.2. The third kappa shape index (κ3) is 20.0. The molecule has 1 saturated heterocycles. The average Bonchev–Trinajstić information content (AvgIpc) is 1.58. The molecule has 7 aromatic rings. The van der Waals surface area contributed by atoms with Gasteiger partial charge in [-0.3, -0.25) is 24.4 Å². The number of nitrogens with zero attached hydrogens (tertiary/aromatic N) is 4. The number of carbonyl (C=O) groups excluding carboxylic acids is 4. The number of aliphatic imine (C=N–C) groups is 2. The number of ether oxygens (including phenoxy) is 10. The predicted octanol–water partition coefficient (Wildman–Crippen LogP) is 8.30. The van der Waals surface area contributed by atoms with Gasteiger partial charge in [-0.15, -0.1) is 20.3 Å². The Balaban J connectivity index is 0.611. The van der Waals surface area contributed by atoms with Crippen molar-refractivity contribution in [3.05, 3.63) is 189 Å². The van der Waals surface area contributed by atoms with E-state index in [2.05, 4.69) is 33.9 Å². The number of ketones is 1. The van der Waals surface area contributed by atoms with Crippen LogP contribution in [0.5, 0.6) is 40.2 Å². The maximum atomic E-state index is 14.3. The number of Topliss-reactive ketones (excluding diaryl/α,β-unsaturated/α-hetero) is 1. The number of methoxy groups -OCH3 is 2. The number of alkyl carbamates (subject to hydrolysis) is 1. The van der Waals surface area contributed by atoms with Crippen molar-refractivity contribution in [2.75, 3.05) is 99.6 Å². The molecule has 0 aromatic heterocycles. The Morgan fingerprint density at radius 2 is 1.24 bits per heavy atom. The number of benzene rings is 7. The van der Waals surface area contributed by atoms with Gasteiger partial charge in [-0.25, -0.2) is 4.79 Å². The van der Waals surface area contributed by atoms with E-state index in [0.29, 0.717) is 107 Å². The summed E-state index contributed by atoms with van der Waals surface area (Å²) in [5.41, 5.74) is 9.10. The van der Waals surface area contributed by atoms with E-state index in [1.807, 2.05) is 92.1 Å². The van der Waals surface area contributed by atoms with Crippen molar-refractivity contribution in [2.45, 2.75) is 114 Å². The number of nitrogens with one attached hydrogen (secondary N) is 3. The first-order valence-corrected chi connectivity index (χ1v) is 40.2. The zero-order valence-electron chi connectivity index (χ0n) is 64.9. The topological polar surface area (TPSA) is 358 Å². The van der Waals surface area contributed by atoms with Crippen LogP contribution in [0.3, 0.4) is 0 Å². The summed E-state index contributed by atoms with van der Waals surface area (Å²) in [5, 5.41) is 50.6. The van der Waals surface area contributed by atoms with Gasteiger partial charge in [0.15, 0.2) is 40.3 Å². The first kappa shape index (κ1) is 81.9. The Morgan fingerprint density at radius 1 is 0.629 bits per heavy atom. The molecule has 3 amide bonds. The molecule has 5 heterocycles. The second kappa shape index (κ2) is 37.1. The van der Waals surface area contributed by atoms with Crippen LogP contribution >= 0.6 is 0 Å². The van der Waals surface area contributed by atoms with Gasteiger partial charge in [0.25, 0.3) is 11.8 Å². The van der Waals surface area contributed by atoms with Crippen LogP contribution in [0.4, 0.5) is 21.9 Å². The zero-order valence-corrected chi connectivity index (χ0v) is 65.7. The van der Waals surface area contributed by atoms with Crippen molar-refractivity contribution >= 4 is 63.6 Å². The Hall–Kier alpha value is -10.7. The Bertz CT molecular complexity index is 4790. The number of carbonyl (C=O) groups is 4. The number of hydrogen-bond acceptors (Lipinski definition) is 25. The Morgan fingerprint density at radius 3 is 1.92 bits per heavy atom. The number of amides is 3. The maximum Gasteiger partial charge on any atom is 0.501 e. The van der Waals surface area contributed by atoms with E-state index < -0.39 is 77.3 Å². The molecular weight excluding hydrogens is 1520 g/mol. The fourth-order valence-corrected chi connectivity index (χ4v) is 16.5. The first-order valence-electron chi connectivity index (χ1n) is 38.9. The highest BCUT2D eigenvalue weighted by Gasteiger charge is 2.50. The molecule has 7 aliphatic rings. The average molecular weight is 1610 g/mol. The molecule has 7 aromatic carbocycles. The molecule has 7 N–H and O–H groups in total. The highest BCUT2D eigenvalue weighted by Crippen LogP contribution is 2.52. The number of hydrogen-bond donors (Lipinski definition) is 7. The van der Waals surface area contributed by atoms with Crippen LogP contribution < -0.4 is 48.0 Å². The standard InChI is InChI=1S/C86H95N7O22S/c1-93(2,46-52-19-22-62(23-20-52)114-116(102,103)115-76-38-58(21-24-71(76)112-85-82(98)81(97)80(96)77(48-94)113-85)83(99)87-25-27-106-29-31-108-32-30-107-28-26-88-86(101)111-51-67-63-16-7-5-6-8-17-64(63)67)47-53-33-54(49-109-74-41-69-65(39-72(74)104-3)79(95)78-60(43-89-69)36-57-14-11-12-18-68(57)91-78)35-55(34-53)50-110-75-42-70-66(40-73(75)105-4)84(100)92-45-59-15-10-9-13-56(59)37-61(92)44-90-70/h9-15,18-24,33-35,38-44,60-61,63-64,67,77-78,80-82,85,91,94,96-98H,7-8,16-17,25-32,36-37,45-51H2,1-4H3,(H-,87,88,99,101)/p+1/t60?,61?,63-,64+,67?,77-,78?,80+,81+,82-,85?/m1/s1. The van der Waals surface area contributed by atoms with Gasteiger partial charge in [0.1, 0.15) is 56.5 Å². The van der Waals surface area contributed by atoms with Crippen LogP contribution in [0, 0.1) is 35.5 Å². The number of rotatable bonds is 34. The van der Waals surface area contributed by atoms with Crippen molar-refractivity contribution < 1.29 is 108 Å². The molecule has 0 spiro atoms. The van der Waals surface area contributed by atoms with Crippen LogP contribution in [-0.4, -0.2) is 211 Å². The van der Waals surface area contributed by atoms with Crippen molar-refractivity contribution in [3.8, 4) is 52.1 Å². The second-order valence-corrected chi connectivity index (χ2v) is 31.5. The molecule has 11 atom stereocenters. The summed E-state index contributed by atoms with van der Waals surface area (Å²) in [4.78, 5) is 65.9.